The number of piperazine rings is 1. The lowest BCUT2D eigenvalue weighted by molar-refractivity contribution is -0.126. The molecule has 0 bridgehead atoms. The van der Waals surface area contributed by atoms with Crippen LogP contribution in [0, 0.1) is 11.3 Å². The van der Waals surface area contributed by atoms with E-state index in [0.717, 1.165) is 35.7 Å². The molecule has 6 rings (SSSR count). The van der Waals surface area contributed by atoms with E-state index < -0.39 is 12.0 Å². The normalized spacial score (nSPS) is 19.7. The molecule has 1 unspecified atom stereocenters. The van der Waals surface area contributed by atoms with E-state index in [4.69, 9.17) is 20.0 Å². The third-order valence-electron chi connectivity index (χ3n) is 8.24. The Morgan fingerprint density at radius 1 is 1.12 bits per heavy atom. The van der Waals surface area contributed by atoms with E-state index in [1.54, 1.807) is 22.9 Å². The van der Waals surface area contributed by atoms with Crippen molar-refractivity contribution >= 4 is 28.2 Å². The molecule has 2 fully saturated rings. The van der Waals surface area contributed by atoms with Gasteiger partial charge >= 0.3 is 6.01 Å². The highest BCUT2D eigenvalue weighted by Gasteiger charge is 2.43. The van der Waals surface area contributed by atoms with E-state index in [2.05, 4.69) is 52.8 Å². The van der Waals surface area contributed by atoms with E-state index in [0.29, 0.717) is 32.7 Å². The summed E-state index contributed by atoms with van der Waals surface area (Å²) in [5.41, 5.74) is 3.11. The lowest BCUT2D eigenvalue weighted by Gasteiger charge is -2.38. The minimum atomic E-state index is -2.72. The molecule has 0 aliphatic carbocycles. The Bertz CT molecular complexity index is 1510. The molecule has 9 nitrogen and oxygen atoms in total. The second-order valence-corrected chi connectivity index (χ2v) is 11.1. The summed E-state index contributed by atoms with van der Waals surface area (Å²) in [5, 5.41) is 9.69. The summed E-state index contributed by atoms with van der Waals surface area (Å²) in [6.45, 7) is 8.67. The summed E-state index contributed by atoms with van der Waals surface area (Å²) in [6, 6.07) is 16.2. The number of likely N-dealkylation sites (tertiary alicyclic amines) is 1. The highest BCUT2D eigenvalue weighted by atomic mass is 19.3. The van der Waals surface area contributed by atoms with Crippen molar-refractivity contribution < 1.29 is 18.3 Å². The van der Waals surface area contributed by atoms with E-state index in [1.165, 1.54) is 23.8 Å². The SMILES string of the molecule is C=CC(=O)N1CCN(c2nc(OCC3CC(F)(F)CN3C)nc3c2CCN(c2cccc4ccccc24)C3)CC1.CC#N. The van der Waals surface area contributed by atoms with Crippen molar-refractivity contribution in [2.24, 2.45) is 0 Å². The lowest BCUT2D eigenvalue weighted by atomic mass is 10.0. The van der Waals surface area contributed by atoms with Gasteiger partial charge in [0.1, 0.15) is 12.4 Å². The number of likely N-dealkylation sites (N-methyl/N-ethyl adjacent to an activating group) is 1. The van der Waals surface area contributed by atoms with E-state index >= 15 is 0 Å². The van der Waals surface area contributed by atoms with Crippen molar-refractivity contribution in [2.45, 2.75) is 38.3 Å². The number of hydrogen-bond donors (Lipinski definition) is 0. The molecule has 3 aromatic rings. The summed E-state index contributed by atoms with van der Waals surface area (Å²) in [7, 11) is 1.69. The number of carbonyl (C=O) groups is 1. The molecule has 4 heterocycles. The molecule has 3 aliphatic heterocycles. The summed E-state index contributed by atoms with van der Waals surface area (Å²) in [5.74, 6) is -1.98. The predicted octanol–water partition coefficient (Wildman–Crippen LogP) is 4.28. The third-order valence-corrected chi connectivity index (χ3v) is 8.24. The van der Waals surface area contributed by atoms with E-state index in [1.807, 2.05) is 6.07 Å². The number of anilines is 2. The number of halogens is 2. The first-order valence-electron chi connectivity index (χ1n) is 14.5. The van der Waals surface area contributed by atoms with Gasteiger partial charge in [0.2, 0.25) is 5.91 Å². The molecule has 2 saturated heterocycles. The number of nitrogens with zero attached hydrogens (tertiary/aromatic N) is 7. The lowest BCUT2D eigenvalue weighted by Crippen LogP contribution is -2.49. The number of benzene rings is 2. The fourth-order valence-corrected chi connectivity index (χ4v) is 6.09. The van der Waals surface area contributed by atoms with Crippen molar-refractivity contribution in [1.29, 1.82) is 5.26 Å². The number of nitriles is 1. The maximum absolute atomic E-state index is 14.0. The average Bonchev–Trinajstić information content (AvgIpc) is 3.29. The molecule has 0 saturated carbocycles. The topological polar surface area (TPSA) is 88.8 Å². The zero-order chi connectivity index (χ0) is 30.6. The number of carbonyl (C=O) groups excluding carboxylic acids is 1. The van der Waals surface area contributed by atoms with Gasteiger partial charge in [-0.25, -0.2) is 8.78 Å². The largest absolute Gasteiger partial charge is 0.462 e. The zero-order valence-electron chi connectivity index (χ0n) is 24.7. The first kappa shape index (κ1) is 30.2. The van der Waals surface area contributed by atoms with Crippen LogP contribution >= 0.6 is 0 Å². The van der Waals surface area contributed by atoms with Gasteiger partial charge in [-0.05, 0) is 31.0 Å². The number of amides is 1. The molecule has 2 aromatic carbocycles. The van der Waals surface area contributed by atoms with Gasteiger partial charge in [0.05, 0.1) is 24.9 Å². The molecule has 43 heavy (non-hydrogen) atoms. The maximum atomic E-state index is 14.0. The average molecular weight is 590 g/mol. The minimum absolute atomic E-state index is 0.0726. The number of rotatable bonds is 6. The Kier molecular flexibility index (Phi) is 9.06. The van der Waals surface area contributed by atoms with Crippen LogP contribution in [0.15, 0.2) is 55.1 Å². The Morgan fingerprint density at radius 3 is 2.53 bits per heavy atom. The number of ether oxygens (including phenoxy) is 1. The molecule has 0 spiro atoms. The molecular formula is C32H37F2N7O2. The van der Waals surface area contributed by atoms with Gasteiger partial charge in [0, 0.05) is 68.7 Å². The molecule has 1 atom stereocenters. The number of aromatic nitrogens is 2. The second kappa shape index (κ2) is 12.9. The monoisotopic (exact) mass is 589 g/mol. The molecule has 0 radical (unpaired) electrons. The smallest absolute Gasteiger partial charge is 0.318 e. The molecular weight excluding hydrogens is 552 g/mol. The number of alkyl halides is 2. The molecule has 3 aliphatic rings. The van der Waals surface area contributed by atoms with Crippen molar-refractivity contribution in [3.8, 4) is 12.1 Å². The Balaban J connectivity index is 0.00000118. The van der Waals surface area contributed by atoms with Crippen molar-refractivity contribution in [2.75, 3.05) is 62.7 Å². The highest BCUT2D eigenvalue weighted by Crippen LogP contribution is 2.35. The van der Waals surface area contributed by atoms with Gasteiger partial charge in [-0.3, -0.25) is 9.69 Å². The van der Waals surface area contributed by atoms with Crippen molar-refractivity contribution in [1.82, 2.24) is 19.8 Å². The van der Waals surface area contributed by atoms with Crippen LogP contribution in [-0.4, -0.2) is 90.6 Å². The fraction of sp³-hybridized carbons (Fsp3) is 0.438. The summed E-state index contributed by atoms with van der Waals surface area (Å²) >= 11 is 0. The van der Waals surface area contributed by atoms with Crippen LogP contribution in [0.1, 0.15) is 24.6 Å². The zero-order valence-corrected chi connectivity index (χ0v) is 24.7. The van der Waals surface area contributed by atoms with Crippen molar-refractivity contribution in [3.63, 3.8) is 0 Å². The minimum Gasteiger partial charge on any atom is -0.462 e. The standard InChI is InChI=1S/C30H34F2N6O2.C2H3N/c1-3-27(39)36-13-15-37(16-14-36)28-24-11-12-38(26-10-6-8-21-7-4-5-9-23(21)26)18-25(24)33-29(34-28)40-19-22-17-30(31,32)20-35(22)2;1-2-3/h3-10,22H,1,11-20H2,2H3;1H3. The highest BCUT2D eigenvalue weighted by molar-refractivity contribution is 5.94. The van der Waals surface area contributed by atoms with Gasteiger partial charge in [0.25, 0.3) is 5.92 Å². The quantitative estimate of drug-likeness (QED) is 0.394. The number of fused-ring (bicyclic) bond motifs is 2. The van der Waals surface area contributed by atoms with Gasteiger partial charge in [-0.2, -0.15) is 15.2 Å². The van der Waals surface area contributed by atoms with E-state index in [9.17, 15) is 13.6 Å². The van der Waals surface area contributed by atoms with E-state index in [-0.39, 0.29) is 31.5 Å². The summed E-state index contributed by atoms with van der Waals surface area (Å²) < 4.78 is 33.9. The van der Waals surface area contributed by atoms with Crippen molar-refractivity contribution in [3.05, 3.63) is 66.4 Å². The van der Waals surface area contributed by atoms with Gasteiger partial charge in [0.15, 0.2) is 0 Å². The Hall–Kier alpha value is -4.30. The maximum Gasteiger partial charge on any atom is 0.318 e. The molecule has 0 N–H and O–H groups in total. The Labute approximate surface area is 251 Å². The molecule has 1 amide bonds. The third kappa shape index (κ3) is 6.70. The Morgan fingerprint density at radius 2 is 1.84 bits per heavy atom. The second-order valence-electron chi connectivity index (χ2n) is 11.1. The fourth-order valence-electron chi connectivity index (χ4n) is 6.09. The molecule has 226 valence electrons. The van der Waals surface area contributed by atoms with Crippen LogP contribution in [-0.2, 0) is 17.8 Å². The van der Waals surface area contributed by atoms with Crippen LogP contribution in [0.2, 0.25) is 0 Å². The molecule has 1 aromatic heterocycles. The molecule has 11 heteroatoms. The van der Waals surface area contributed by atoms with Gasteiger partial charge in [-0.15, -0.1) is 0 Å². The van der Waals surface area contributed by atoms with Gasteiger partial charge in [-0.1, -0.05) is 43.0 Å². The van der Waals surface area contributed by atoms with Crippen LogP contribution in [0.5, 0.6) is 6.01 Å². The van der Waals surface area contributed by atoms with Crippen LogP contribution in [0.25, 0.3) is 10.8 Å². The van der Waals surface area contributed by atoms with Crippen LogP contribution in [0.3, 0.4) is 0 Å². The number of hydrogen-bond acceptors (Lipinski definition) is 8. The first-order chi connectivity index (χ1) is 20.7. The summed E-state index contributed by atoms with van der Waals surface area (Å²) in [6.07, 6.45) is 1.87. The van der Waals surface area contributed by atoms with Crippen LogP contribution < -0.4 is 14.5 Å². The summed E-state index contributed by atoms with van der Waals surface area (Å²) in [4.78, 5) is 29.7. The first-order valence-corrected chi connectivity index (χ1v) is 14.5. The van der Waals surface area contributed by atoms with Crippen LogP contribution in [0.4, 0.5) is 20.3 Å². The predicted molar refractivity (Wildman–Crippen MR) is 162 cm³/mol. The van der Waals surface area contributed by atoms with Gasteiger partial charge < -0.3 is 19.4 Å².